The van der Waals surface area contributed by atoms with E-state index in [2.05, 4.69) is 43.4 Å². The number of hydrogen-bond donors (Lipinski definition) is 1. The van der Waals surface area contributed by atoms with Crippen LogP contribution in [0.3, 0.4) is 0 Å². The first-order valence-electron chi connectivity index (χ1n) is 9.42. The predicted molar refractivity (Wildman–Crippen MR) is 111 cm³/mol. The molecule has 0 aromatic heterocycles. The van der Waals surface area contributed by atoms with Gasteiger partial charge in [-0.05, 0) is 41.3 Å². The van der Waals surface area contributed by atoms with Gasteiger partial charge in [-0.3, -0.25) is 0 Å². The summed E-state index contributed by atoms with van der Waals surface area (Å²) in [5.41, 5.74) is 3.35. The summed E-state index contributed by atoms with van der Waals surface area (Å²) in [7, 11) is 0. The molecule has 3 nitrogen and oxygen atoms in total. The number of para-hydroxylation sites is 2. The van der Waals surface area contributed by atoms with Crippen LogP contribution < -0.4 is 14.8 Å². The molecule has 0 bridgehead atoms. The van der Waals surface area contributed by atoms with E-state index in [1.165, 1.54) is 5.56 Å². The highest BCUT2D eigenvalue weighted by Crippen LogP contribution is 2.25. The lowest BCUT2D eigenvalue weighted by Gasteiger charge is -2.14. The Morgan fingerprint density at radius 1 is 0.741 bits per heavy atom. The van der Waals surface area contributed by atoms with Crippen molar-refractivity contribution in [2.24, 2.45) is 5.92 Å². The van der Waals surface area contributed by atoms with Crippen molar-refractivity contribution >= 4 is 5.69 Å². The topological polar surface area (TPSA) is 30.5 Å². The molecule has 140 valence electrons. The molecular formula is C24H27NO2. The predicted octanol–water partition coefficient (Wildman–Crippen LogP) is 5.91. The van der Waals surface area contributed by atoms with Crippen LogP contribution in [-0.4, -0.2) is 6.61 Å². The maximum atomic E-state index is 6.00. The van der Waals surface area contributed by atoms with Crippen LogP contribution in [0.4, 0.5) is 5.69 Å². The zero-order valence-electron chi connectivity index (χ0n) is 16.0. The molecule has 0 heterocycles. The van der Waals surface area contributed by atoms with Crippen molar-refractivity contribution in [3.8, 4) is 11.5 Å². The van der Waals surface area contributed by atoms with E-state index >= 15 is 0 Å². The summed E-state index contributed by atoms with van der Waals surface area (Å²) in [5, 5.41) is 3.47. The lowest BCUT2D eigenvalue weighted by atomic mass is 10.2. The molecule has 0 radical (unpaired) electrons. The van der Waals surface area contributed by atoms with Gasteiger partial charge >= 0.3 is 0 Å². The van der Waals surface area contributed by atoms with Crippen LogP contribution in [0.2, 0.25) is 0 Å². The summed E-state index contributed by atoms with van der Waals surface area (Å²) in [6.45, 7) is 6.33. The molecule has 0 aliphatic heterocycles. The number of benzene rings is 3. The summed E-state index contributed by atoms with van der Waals surface area (Å²) >= 11 is 0. The van der Waals surface area contributed by atoms with E-state index in [-0.39, 0.29) is 0 Å². The summed E-state index contributed by atoms with van der Waals surface area (Å²) in [4.78, 5) is 0. The van der Waals surface area contributed by atoms with Crippen molar-refractivity contribution in [3.05, 3.63) is 90.0 Å². The Labute approximate surface area is 162 Å². The standard InChI is InChI=1S/C24H27NO2/c1-19(2)17-26-22-14-12-20(13-15-22)16-25-23-10-6-7-11-24(23)27-18-21-8-4-3-5-9-21/h3-15,19,25H,16-18H2,1-2H3. The lowest BCUT2D eigenvalue weighted by Crippen LogP contribution is -2.05. The summed E-state index contributed by atoms with van der Waals surface area (Å²) < 4.78 is 11.7. The molecule has 3 aromatic carbocycles. The number of anilines is 1. The quantitative estimate of drug-likeness (QED) is 0.514. The normalized spacial score (nSPS) is 10.6. The molecule has 0 atom stereocenters. The second kappa shape index (κ2) is 9.67. The minimum Gasteiger partial charge on any atom is -0.493 e. The van der Waals surface area contributed by atoms with Gasteiger partial charge in [-0.1, -0.05) is 68.4 Å². The molecule has 3 heteroatoms. The van der Waals surface area contributed by atoms with E-state index in [0.29, 0.717) is 12.5 Å². The zero-order chi connectivity index (χ0) is 18.9. The van der Waals surface area contributed by atoms with Crippen molar-refractivity contribution in [3.63, 3.8) is 0 Å². The van der Waals surface area contributed by atoms with Crippen LogP contribution in [0, 0.1) is 5.92 Å². The molecule has 0 fully saturated rings. The average molecular weight is 361 g/mol. The Hall–Kier alpha value is -2.94. The maximum Gasteiger partial charge on any atom is 0.142 e. The van der Waals surface area contributed by atoms with Crippen molar-refractivity contribution in [1.29, 1.82) is 0 Å². The van der Waals surface area contributed by atoms with Gasteiger partial charge in [-0.25, -0.2) is 0 Å². The minimum absolute atomic E-state index is 0.527. The minimum atomic E-state index is 0.527. The van der Waals surface area contributed by atoms with E-state index in [9.17, 15) is 0 Å². The average Bonchev–Trinajstić information content (AvgIpc) is 2.71. The fourth-order valence-electron chi connectivity index (χ4n) is 2.64. The van der Waals surface area contributed by atoms with Crippen LogP contribution in [0.5, 0.6) is 11.5 Å². The van der Waals surface area contributed by atoms with Crippen molar-refractivity contribution < 1.29 is 9.47 Å². The second-order valence-electron chi connectivity index (χ2n) is 6.97. The Balaban J connectivity index is 1.56. The van der Waals surface area contributed by atoms with E-state index in [1.54, 1.807) is 0 Å². The van der Waals surface area contributed by atoms with Gasteiger partial charge in [0.05, 0.1) is 12.3 Å². The Morgan fingerprint density at radius 2 is 1.44 bits per heavy atom. The Morgan fingerprint density at radius 3 is 2.19 bits per heavy atom. The molecule has 3 rings (SSSR count). The molecule has 0 amide bonds. The lowest BCUT2D eigenvalue weighted by molar-refractivity contribution is 0.271. The SMILES string of the molecule is CC(C)COc1ccc(CNc2ccccc2OCc2ccccc2)cc1. The van der Waals surface area contributed by atoms with Gasteiger partial charge < -0.3 is 14.8 Å². The summed E-state index contributed by atoms with van der Waals surface area (Å²) in [5.74, 6) is 2.30. The van der Waals surface area contributed by atoms with Gasteiger partial charge in [-0.2, -0.15) is 0 Å². The van der Waals surface area contributed by atoms with Crippen LogP contribution in [0.1, 0.15) is 25.0 Å². The van der Waals surface area contributed by atoms with Gasteiger partial charge in [0.2, 0.25) is 0 Å². The first-order chi connectivity index (χ1) is 13.2. The number of hydrogen-bond acceptors (Lipinski definition) is 3. The number of nitrogens with one attached hydrogen (secondary N) is 1. The monoisotopic (exact) mass is 361 g/mol. The van der Waals surface area contributed by atoms with E-state index in [4.69, 9.17) is 9.47 Å². The van der Waals surface area contributed by atoms with Gasteiger partial charge in [0, 0.05) is 6.54 Å². The molecule has 0 saturated carbocycles. The van der Waals surface area contributed by atoms with Crippen LogP contribution >= 0.6 is 0 Å². The van der Waals surface area contributed by atoms with Gasteiger partial charge in [0.25, 0.3) is 0 Å². The molecule has 0 saturated heterocycles. The molecule has 0 aliphatic rings. The van der Waals surface area contributed by atoms with Crippen LogP contribution in [0.25, 0.3) is 0 Å². The van der Waals surface area contributed by atoms with Crippen LogP contribution in [-0.2, 0) is 13.2 Å². The van der Waals surface area contributed by atoms with Gasteiger partial charge in [0.1, 0.15) is 18.1 Å². The van der Waals surface area contributed by atoms with Crippen LogP contribution in [0.15, 0.2) is 78.9 Å². The summed E-state index contributed by atoms with van der Waals surface area (Å²) in [6.07, 6.45) is 0. The van der Waals surface area contributed by atoms with E-state index in [1.807, 2.05) is 54.6 Å². The third-order valence-electron chi connectivity index (χ3n) is 4.11. The van der Waals surface area contributed by atoms with Gasteiger partial charge in [-0.15, -0.1) is 0 Å². The molecule has 27 heavy (non-hydrogen) atoms. The highest BCUT2D eigenvalue weighted by molar-refractivity contribution is 5.56. The molecular weight excluding hydrogens is 334 g/mol. The van der Waals surface area contributed by atoms with E-state index < -0.39 is 0 Å². The van der Waals surface area contributed by atoms with Crippen molar-refractivity contribution in [2.75, 3.05) is 11.9 Å². The second-order valence-corrected chi connectivity index (χ2v) is 6.97. The largest absolute Gasteiger partial charge is 0.493 e. The molecule has 1 N–H and O–H groups in total. The highest BCUT2D eigenvalue weighted by Gasteiger charge is 2.04. The summed E-state index contributed by atoms with van der Waals surface area (Å²) in [6, 6.07) is 26.5. The maximum absolute atomic E-state index is 6.00. The smallest absolute Gasteiger partial charge is 0.142 e. The Kier molecular flexibility index (Phi) is 6.75. The molecule has 0 spiro atoms. The molecule has 0 aliphatic carbocycles. The third-order valence-corrected chi connectivity index (χ3v) is 4.11. The Bertz CT molecular complexity index is 813. The van der Waals surface area contributed by atoms with Gasteiger partial charge in [0.15, 0.2) is 0 Å². The number of rotatable bonds is 9. The fourth-order valence-corrected chi connectivity index (χ4v) is 2.64. The molecule has 3 aromatic rings. The number of ether oxygens (including phenoxy) is 2. The van der Waals surface area contributed by atoms with Crippen molar-refractivity contribution in [1.82, 2.24) is 0 Å². The van der Waals surface area contributed by atoms with Crippen molar-refractivity contribution in [2.45, 2.75) is 27.0 Å². The first-order valence-corrected chi connectivity index (χ1v) is 9.42. The third kappa shape index (κ3) is 6.07. The highest BCUT2D eigenvalue weighted by atomic mass is 16.5. The fraction of sp³-hybridized carbons (Fsp3) is 0.250. The first kappa shape index (κ1) is 18.8. The zero-order valence-corrected chi connectivity index (χ0v) is 16.0. The van der Waals surface area contributed by atoms with E-state index in [0.717, 1.165) is 35.9 Å². The molecule has 0 unspecified atom stereocenters.